The first-order valence-electron chi connectivity index (χ1n) is 8.83. The van der Waals surface area contributed by atoms with Crippen LogP contribution in [0.5, 0.6) is 0 Å². The zero-order valence-electron chi connectivity index (χ0n) is 15.6. The van der Waals surface area contributed by atoms with Crippen LogP contribution in [0, 0.1) is 0 Å². The van der Waals surface area contributed by atoms with E-state index in [1.54, 1.807) is 24.3 Å². The summed E-state index contributed by atoms with van der Waals surface area (Å²) in [4.78, 5) is 24.0. The molecule has 31 heavy (non-hydrogen) atoms. The first-order chi connectivity index (χ1) is 14.7. The number of hydrogen-bond donors (Lipinski definition) is 1. The summed E-state index contributed by atoms with van der Waals surface area (Å²) in [6, 6.07) is 12.4. The third kappa shape index (κ3) is 4.05. The molecule has 4 rings (SSSR count). The van der Waals surface area contributed by atoms with E-state index in [0.29, 0.717) is 27.5 Å². The second-order valence-corrected chi connectivity index (χ2v) is 7.83. The van der Waals surface area contributed by atoms with Gasteiger partial charge in [0.05, 0.1) is 26.6 Å². The Morgan fingerprint density at radius 2 is 1.81 bits per heavy atom. The van der Waals surface area contributed by atoms with E-state index < -0.39 is 11.5 Å². The normalized spacial score (nSPS) is 11.8. The predicted octanol–water partition coefficient (Wildman–Crippen LogP) is 2.99. The molecule has 2 heterocycles. The molecule has 1 N–H and O–H groups in total. The molecule has 9 heteroatoms. The van der Waals surface area contributed by atoms with Gasteiger partial charge in [0.15, 0.2) is 0 Å². The lowest BCUT2D eigenvalue weighted by Gasteiger charge is -2.07. The Morgan fingerprint density at radius 1 is 1.10 bits per heavy atom. The second-order valence-electron chi connectivity index (χ2n) is 6.58. The van der Waals surface area contributed by atoms with Crippen LogP contribution < -0.4 is 21.2 Å². The summed E-state index contributed by atoms with van der Waals surface area (Å²) < 4.78 is 6.95. The predicted molar refractivity (Wildman–Crippen MR) is 118 cm³/mol. The first-order valence-corrected chi connectivity index (χ1v) is 9.96. The number of carboxylic acids is 1. The smallest absolute Gasteiger partial charge is 0.279 e. The van der Waals surface area contributed by atoms with E-state index in [9.17, 15) is 14.7 Å². The van der Waals surface area contributed by atoms with Crippen molar-refractivity contribution < 1.29 is 14.3 Å². The molecule has 0 saturated heterocycles. The van der Waals surface area contributed by atoms with Gasteiger partial charge in [-0.1, -0.05) is 59.6 Å². The minimum atomic E-state index is -1.28. The summed E-state index contributed by atoms with van der Waals surface area (Å²) >= 11 is 18.4. The van der Waals surface area contributed by atoms with Crippen molar-refractivity contribution in [1.29, 1.82) is 0 Å². The van der Waals surface area contributed by atoms with E-state index in [0.717, 1.165) is 0 Å². The molecule has 6 nitrogen and oxygen atoms in total. The molecule has 156 valence electrons. The van der Waals surface area contributed by atoms with Gasteiger partial charge in [0.25, 0.3) is 5.56 Å². The number of furan rings is 1. The van der Waals surface area contributed by atoms with Crippen LogP contribution in [0.2, 0.25) is 15.1 Å². The van der Waals surface area contributed by atoms with Gasteiger partial charge in [0, 0.05) is 10.6 Å². The number of carboxylic acid groups (broad SMARTS) is 1. The summed E-state index contributed by atoms with van der Waals surface area (Å²) in [6.07, 6.45) is 1.52. The first kappa shape index (κ1) is 21.1. The third-order valence-electron chi connectivity index (χ3n) is 4.51. The zero-order valence-corrected chi connectivity index (χ0v) is 17.9. The highest BCUT2D eigenvalue weighted by atomic mass is 35.5. The molecule has 2 aromatic carbocycles. The van der Waals surface area contributed by atoms with Crippen molar-refractivity contribution in [2.24, 2.45) is 0 Å². The minimum absolute atomic E-state index is 0.0321. The highest BCUT2D eigenvalue weighted by Crippen LogP contribution is 2.30. The number of rotatable bonds is 4. The highest BCUT2D eigenvalue weighted by Gasteiger charge is 2.14. The number of aromatic carboxylic acids is 1. The number of halogens is 3. The van der Waals surface area contributed by atoms with Crippen LogP contribution in [0.4, 0.5) is 0 Å². The molecular formula is C22H12Cl3N2O4-. The van der Waals surface area contributed by atoms with Gasteiger partial charge in [-0.25, -0.2) is 4.68 Å². The number of carbonyl (C=O) groups excluding carboxylic acids is 1. The van der Waals surface area contributed by atoms with Crippen LogP contribution in [-0.4, -0.2) is 15.7 Å². The Labute approximate surface area is 190 Å². The maximum Gasteiger partial charge on any atom is 0.279 e. The van der Waals surface area contributed by atoms with Crippen molar-refractivity contribution >= 4 is 53.4 Å². The fraction of sp³-hybridized carbons (Fsp3) is 0. The van der Waals surface area contributed by atoms with Gasteiger partial charge in [-0.05, 0) is 42.0 Å². The summed E-state index contributed by atoms with van der Waals surface area (Å²) in [5.74, 6) is -0.482. The number of hydrogen-bond acceptors (Lipinski definition) is 4. The van der Waals surface area contributed by atoms with Crippen LogP contribution in [0.25, 0.3) is 29.7 Å². The lowest BCUT2D eigenvalue weighted by Crippen LogP contribution is -2.34. The average molecular weight is 475 g/mol. The molecule has 4 aromatic rings. The minimum Gasteiger partial charge on any atom is -0.545 e. The molecular weight excluding hydrogens is 463 g/mol. The lowest BCUT2D eigenvalue weighted by atomic mass is 10.1. The second kappa shape index (κ2) is 8.15. The number of aromatic amines is 1. The number of aromatic nitrogens is 2. The Balaban J connectivity index is 1.79. The fourth-order valence-electron chi connectivity index (χ4n) is 3.08. The molecule has 0 radical (unpaired) electrons. The number of H-pyrrole nitrogens is 1. The highest BCUT2D eigenvalue weighted by molar-refractivity contribution is 6.40. The van der Waals surface area contributed by atoms with E-state index in [1.807, 2.05) is 0 Å². The maximum absolute atomic E-state index is 13.0. The van der Waals surface area contributed by atoms with Gasteiger partial charge in [-0.3, -0.25) is 9.89 Å². The number of benzene rings is 2. The Kier molecular flexibility index (Phi) is 5.54. The zero-order chi connectivity index (χ0) is 22.3. The summed E-state index contributed by atoms with van der Waals surface area (Å²) in [6.45, 7) is 3.86. The summed E-state index contributed by atoms with van der Waals surface area (Å²) in [5.41, 5.74) is 0.404. The van der Waals surface area contributed by atoms with Crippen molar-refractivity contribution in [3.63, 3.8) is 0 Å². The van der Waals surface area contributed by atoms with Gasteiger partial charge in [0.1, 0.15) is 17.2 Å². The molecule has 0 bridgehead atoms. The fourth-order valence-corrected chi connectivity index (χ4v) is 4.06. The molecule has 0 aliphatic rings. The van der Waals surface area contributed by atoms with Crippen LogP contribution in [-0.2, 0) is 0 Å². The molecule has 0 spiro atoms. The topological polar surface area (TPSA) is 91.1 Å². The molecule has 0 aliphatic heterocycles. The average Bonchev–Trinajstić information content (AvgIpc) is 3.28. The van der Waals surface area contributed by atoms with Crippen LogP contribution in [0.1, 0.15) is 16.1 Å². The van der Waals surface area contributed by atoms with Crippen LogP contribution >= 0.6 is 34.8 Å². The SMILES string of the molecule is C=c1[nH]n(-c2c(Cl)cc(Cl)cc2Cl)c(=O)/c1=C\c1ccc(-c2cccc(C(=O)[O-])c2)o1. The van der Waals surface area contributed by atoms with Gasteiger partial charge in [-0.2, -0.15) is 0 Å². The van der Waals surface area contributed by atoms with E-state index in [2.05, 4.69) is 11.7 Å². The molecule has 0 atom stereocenters. The standard InChI is InChI=1S/C22H13Cl3N2O4/c1-11-16(21(28)27(26-11)20-17(24)8-14(23)9-18(20)25)10-15-5-6-19(31-15)12-3-2-4-13(7-12)22(29)30/h2-10,26H,1H2,(H,29,30)/p-1/b16-10-. The van der Waals surface area contributed by atoms with Crippen molar-refractivity contribution in [2.75, 3.05) is 0 Å². The summed E-state index contributed by atoms with van der Waals surface area (Å²) in [5, 5.41) is 15.2. The largest absolute Gasteiger partial charge is 0.545 e. The van der Waals surface area contributed by atoms with Crippen LogP contribution in [0.3, 0.4) is 0 Å². The number of carbonyl (C=O) groups is 1. The van der Waals surface area contributed by atoms with Crippen LogP contribution in [0.15, 0.2) is 57.7 Å². The van der Waals surface area contributed by atoms with Crippen molar-refractivity contribution in [1.82, 2.24) is 9.78 Å². The summed E-state index contributed by atoms with van der Waals surface area (Å²) in [7, 11) is 0. The monoisotopic (exact) mass is 473 g/mol. The van der Waals surface area contributed by atoms with E-state index >= 15 is 0 Å². The molecule has 2 aromatic heterocycles. The maximum atomic E-state index is 13.0. The van der Waals surface area contributed by atoms with Gasteiger partial charge in [0.2, 0.25) is 0 Å². The van der Waals surface area contributed by atoms with Gasteiger partial charge >= 0.3 is 0 Å². The quantitative estimate of drug-likeness (QED) is 0.492. The lowest BCUT2D eigenvalue weighted by molar-refractivity contribution is -0.255. The number of nitrogens with one attached hydrogen (secondary N) is 1. The Bertz CT molecular complexity index is 1470. The van der Waals surface area contributed by atoms with Crippen molar-refractivity contribution in [2.45, 2.75) is 0 Å². The van der Waals surface area contributed by atoms with E-state index in [-0.39, 0.29) is 26.5 Å². The van der Waals surface area contributed by atoms with Crippen molar-refractivity contribution in [3.05, 3.63) is 95.8 Å². The Hall–Kier alpha value is -3.19. The third-order valence-corrected chi connectivity index (χ3v) is 5.30. The molecule has 0 saturated carbocycles. The molecule has 0 fully saturated rings. The molecule has 0 unspecified atom stereocenters. The Morgan fingerprint density at radius 3 is 2.48 bits per heavy atom. The van der Waals surface area contributed by atoms with Gasteiger partial charge < -0.3 is 14.3 Å². The van der Waals surface area contributed by atoms with E-state index in [1.165, 1.54) is 35.0 Å². The number of nitrogens with zero attached hydrogens (tertiary/aromatic N) is 1. The van der Waals surface area contributed by atoms with Crippen molar-refractivity contribution in [3.8, 4) is 17.0 Å². The van der Waals surface area contributed by atoms with E-state index in [4.69, 9.17) is 39.2 Å². The van der Waals surface area contributed by atoms with Gasteiger partial charge in [-0.15, -0.1) is 0 Å². The molecule has 0 amide bonds. The molecule has 0 aliphatic carbocycles.